The van der Waals surface area contributed by atoms with Gasteiger partial charge in [-0.25, -0.2) is 0 Å². The van der Waals surface area contributed by atoms with Gasteiger partial charge in [-0.05, 0) is 86.4 Å². The number of Topliss-reactive ketones (excluding diaryl/α,β-unsaturated/α-hetero) is 1. The zero-order chi connectivity index (χ0) is 23.1. The first-order valence-electron chi connectivity index (χ1n) is 11.0. The van der Waals surface area contributed by atoms with Crippen molar-refractivity contribution in [3.8, 4) is 6.07 Å². The first-order valence-corrected chi connectivity index (χ1v) is 11.0. The monoisotopic (exact) mass is 424 g/mol. The molecule has 1 aliphatic rings. The van der Waals surface area contributed by atoms with E-state index in [1.807, 2.05) is 62.4 Å². The molecule has 3 heteroatoms. The number of benzene rings is 2. The molecule has 32 heavy (non-hydrogen) atoms. The second-order valence-corrected chi connectivity index (χ2v) is 8.36. The van der Waals surface area contributed by atoms with Crippen LogP contribution in [-0.4, -0.2) is 5.78 Å². The smallest absolute Gasteiger partial charge is 0.188 e. The van der Waals surface area contributed by atoms with Crippen LogP contribution in [0.5, 0.6) is 0 Å². The summed E-state index contributed by atoms with van der Waals surface area (Å²) in [6.07, 6.45) is 9.32. The van der Waals surface area contributed by atoms with E-state index in [-0.39, 0.29) is 7.21 Å². The quantitative estimate of drug-likeness (QED) is 0.377. The van der Waals surface area contributed by atoms with Gasteiger partial charge in [-0.2, -0.15) is 5.26 Å². The van der Waals surface area contributed by atoms with Gasteiger partial charge in [0.25, 0.3) is 0 Å². The van der Waals surface area contributed by atoms with Crippen molar-refractivity contribution in [2.75, 3.05) is 0 Å². The van der Waals surface area contributed by atoms with Crippen molar-refractivity contribution in [3.05, 3.63) is 113 Å². The number of carbonyl (C=O) groups excluding carboxylic acids is 1. The van der Waals surface area contributed by atoms with Gasteiger partial charge in [0.2, 0.25) is 0 Å². The molecule has 0 aromatic heterocycles. The number of hydrogen-bond donors (Lipinski definition) is 1. The minimum absolute atomic E-state index is 0. The lowest BCUT2D eigenvalue weighted by Crippen LogP contribution is -2.11. The summed E-state index contributed by atoms with van der Waals surface area (Å²) in [4.78, 5) is 13.4. The highest BCUT2D eigenvalue weighted by Gasteiger charge is 2.20. The summed E-state index contributed by atoms with van der Waals surface area (Å²) in [6, 6.07) is 15.9. The van der Waals surface area contributed by atoms with E-state index in [0.717, 1.165) is 53.8 Å². The van der Waals surface area contributed by atoms with E-state index in [1.54, 1.807) is 6.08 Å². The van der Waals surface area contributed by atoms with Gasteiger partial charge in [0.1, 0.15) is 0 Å². The number of nitrogens with one attached hydrogen (secondary N) is 1. The van der Waals surface area contributed by atoms with Gasteiger partial charge < -0.3 is 5.32 Å². The van der Waals surface area contributed by atoms with Crippen molar-refractivity contribution < 1.29 is 6.22 Å². The first kappa shape index (κ1) is 23.0. The number of hydrogen-bond acceptors (Lipinski definition) is 3. The topological polar surface area (TPSA) is 52.9 Å². The Morgan fingerprint density at radius 1 is 1.22 bits per heavy atom. The lowest BCUT2D eigenvalue weighted by atomic mass is 9.89. The molecule has 3 rings (SSSR count). The Morgan fingerprint density at radius 2 is 1.97 bits per heavy atom. The summed E-state index contributed by atoms with van der Waals surface area (Å²) in [7, 11) is 0. The zero-order valence-electron chi connectivity index (χ0n) is 18.9. The van der Waals surface area contributed by atoms with E-state index in [9.17, 15) is 4.79 Å². The molecule has 0 saturated heterocycles. The highest BCUT2D eigenvalue weighted by molar-refractivity contribution is 6.09. The van der Waals surface area contributed by atoms with Crippen LogP contribution in [-0.2, 0) is 0 Å². The first-order chi connectivity index (χ1) is 15.4. The number of aryl methyl sites for hydroxylation is 1. The van der Waals surface area contributed by atoms with E-state index in [1.165, 1.54) is 5.56 Å². The average molecular weight is 425 g/mol. The molecule has 1 unspecified atom stereocenters. The van der Waals surface area contributed by atoms with Crippen LogP contribution in [0.4, 0.5) is 0 Å². The van der Waals surface area contributed by atoms with E-state index in [0.29, 0.717) is 17.0 Å². The molecule has 0 bridgehead atoms. The van der Waals surface area contributed by atoms with Crippen molar-refractivity contribution in [2.45, 2.75) is 45.4 Å². The minimum atomic E-state index is 0. The average Bonchev–Trinajstić information content (AvgIpc) is 3.05. The second kappa shape index (κ2) is 10.6. The molecule has 0 spiro atoms. The molecule has 0 radical (unpaired) electrons. The number of carbonyl (C=O) groups is 1. The van der Waals surface area contributed by atoms with Crippen LogP contribution in [0, 0.1) is 18.3 Å². The molecule has 1 atom stereocenters. The fourth-order valence-corrected chi connectivity index (χ4v) is 4.19. The van der Waals surface area contributed by atoms with Crippen LogP contribution in [0.3, 0.4) is 0 Å². The maximum Gasteiger partial charge on any atom is 0.188 e. The fraction of sp³-hybridized carbons (Fsp3) is 0.241. The third-order valence-electron chi connectivity index (χ3n) is 5.89. The SMILES string of the molecule is C=C/C=C(\NC(=C)C)c1cc(C(=O)C2=CCCC(c3ccc(C#N)cc3)CC2)ccc1C.[HH]. The minimum Gasteiger partial charge on any atom is -0.359 e. The van der Waals surface area contributed by atoms with Gasteiger partial charge in [-0.1, -0.05) is 49.6 Å². The molecule has 164 valence electrons. The molecule has 1 N–H and O–H groups in total. The van der Waals surface area contributed by atoms with Crippen LogP contribution in [0.2, 0.25) is 0 Å². The van der Waals surface area contributed by atoms with Gasteiger partial charge in [-0.15, -0.1) is 0 Å². The van der Waals surface area contributed by atoms with Crippen molar-refractivity contribution >= 4 is 11.5 Å². The van der Waals surface area contributed by atoms with Gasteiger partial charge in [0.15, 0.2) is 5.78 Å². The lowest BCUT2D eigenvalue weighted by molar-refractivity contribution is 0.103. The molecule has 2 aromatic carbocycles. The Kier molecular flexibility index (Phi) is 7.63. The van der Waals surface area contributed by atoms with Crippen LogP contribution >= 0.6 is 0 Å². The molecule has 2 aromatic rings. The van der Waals surface area contributed by atoms with Crippen LogP contribution in [0.1, 0.15) is 72.6 Å². The Hall–Kier alpha value is -3.64. The van der Waals surface area contributed by atoms with Crippen LogP contribution in [0.15, 0.2) is 85.1 Å². The van der Waals surface area contributed by atoms with Crippen molar-refractivity contribution in [1.29, 1.82) is 5.26 Å². The number of ketones is 1. The predicted molar refractivity (Wildman–Crippen MR) is 134 cm³/mol. The Labute approximate surface area is 193 Å². The van der Waals surface area contributed by atoms with Gasteiger partial charge >= 0.3 is 0 Å². The molecule has 3 nitrogen and oxygen atoms in total. The Bertz CT molecular complexity index is 1130. The Balaban J connectivity index is 0.00000385. The van der Waals surface area contributed by atoms with Gasteiger partial charge in [-0.3, -0.25) is 4.79 Å². The number of nitrogens with zero attached hydrogens (tertiary/aromatic N) is 1. The van der Waals surface area contributed by atoms with E-state index in [2.05, 4.69) is 30.6 Å². The number of rotatable bonds is 7. The molecular weight excluding hydrogens is 392 g/mol. The lowest BCUT2D eigenvalue weighted by Gasteiger charge is -2.16. The molecule has 0 aliphatic heterocycles. The van der Waals surface area contributed by atoms with E-state index >= 15 is 0 Å². The second-order valence-electron chi connectivity index (χ2n) is 8.36. The van der Waals surface area contributed by atoms with Crippen molar-refractivity contribution in [3.63, 3.8) is 0 Å². The standard InChI is InChI=1S/C29H30N2O.H2/c1-5-7-28(31-20(2)3)27-18-26(13-10-21(27)4)29(32)25-9-6-8-23(16-17-25)24-14-11-22(19-30)12-15-24;/h5,7,9-15,18,23,31H,1-2,6,8,16-17H2,3-4H3;1H/b28-7-;. The number of nitriles is 1. The largest absolute Gasteiger partial charge is 0.359 e. The van der Waals surface area contributed by atoms with Crippen LogP contribution in [0.25, 0.3) is 5.70 Å². The molecule has 0 fully saturated rings. The predicted octanol–water partition coefficient (Wildman–Crippen LogP) is 7.23. The summed E-state index contributed by atoms with van der Waals surface area (Å²) >= 11 is 0. The summed E-state index contributed by atoms with van der Waals surface area (Å²) in [5.74, 6) is 0.500. The fourth-order valence-electron chi connectivity index (χ4n) is 4.19. The maximum atomic E-state index is 13.4. The maximum absolute atomic E-state index is 13.4. The summed E-state index contributed by atoms with van der Waals surface area (Å²) in [6.45, 7) is 11.7. The van der Waals surface area contributed by atoms with Gasteiger partial charge in [0, 0.05) is 23.9 Å². The molecule has 1 aliphatic carbocycles. The molecule has 0 saturated carbocycles. The number of allylic oxidation sites excluding steroid dienone is 5. The molecule has 0 amide bonds. The summed E-state index contributed by atoms with van der Waals surface area (Å²) in [5.41, 5.74) is 7.28. The van der Waals surface area contributed by atoms with E-state index in [4.69, 9.17) is 5.26 Å². The summed E-state index contributed by atoms with van der Waals surface area (Å²) < 4.78 is 0. The van der Waals surface area contributed by atoms with Crippen molar-refractivity contribution in [1.82, 2.24) is 5.32 Å². The van der Waals surface area contributed by atoms with E-state index < -0.39 is 0 Å². The van der Waals surface area contributed by atoms with Gasteiger partial charge in [0.05, 0.1) is 11.6 Å². The Morgan fingerprint density at radius 3 is 2.62 bits per heavy atom. The third-order valence-corrected chi connectivity index (χ3v) is 5.89. The normalized spacial score (nSPS) is 16.3. The zero-order valence-corrected chi connectivity index (χ0v) is 18.9. The summed E-state index contributed by atoms with van der Waals surface area (Å²) in [5, 5.41) is 12.3. The highest BCUT2D eigenvalue weighted by Crippen LogP contribution is 2.33. The van der Waals surface area contributed by atoms with Crippen LogP contribution < -0.4 is 5.32 Å². The highest BCUT2D eigenvalue weighted by atomic mass is 16.1. The van der Waals surface area contributed by atoms with Crippen molar-refractivity contribution in [2.24, 2.45) is 0 Å². The third kappa shape index (κ3) is 5.53. The molecular formula is C29H32N2O. The molecule has 0 heterocycles.